The molecular weight excluding hydrogens is 186 g/mol. The lowest BCUT2D eigenvalue weighted by molar-refractivity contribution is 0.0371. The van der Waals surface area contributed by atoms with Crippen molar-refractivity contribution in [2.75, 3.05) is 33.2 Å². The second-order valence-electron chi connectivity index (χ2n) is 6.25. The minimum Gasteiger partial charge on any atom is -0.326 e. The summed E-state index contributed by atoms with van der Waals surface area (Å²) in [6.07, 6.45) is 1.08. The highest BCUT2D eigenvalue weighted by molar-refractivity contribution is 4.89. The Kier molecular flexibility index (Phi) is 3.80. The number of hydrogen-bond acceptors (Lipinski definition) is 3. The van der Waals surface area contributed by atoms with Gasteiger partial charge in [-0.2, -0.15) is 0 Å². The summed E-state index contributed by atoms with van der Waals surface area (Å²) in [5.74, 6) is 0. The van der Waals surface area contributed by atoms with Gasteiger partial charge in [0.05, 0.1) is 0 Å². The van der Waals surface area contributed by atoms with Crippen LogP contribution in [0, 0.1) is 0 Å². The third kappa shape index (κ3) is 4.09. The predicted molar refractivity (Wildman–Crippen MR) is 66.0 cm³/mol. The molecule has 3 nitrogen and oxygen atoms in total. The minimum atomic E-state index is -0.0342. The molecule has 1 heterocycles. The fraction of sp³-hybridized carbons (Fsp3) is 1.00. The van der Waals surface area contributed by atoms with Crippen molar-refractivity contribution in [2.45, 2.75) is 45.2 Å². The third-order valence-electron chi connectivity index (χ3n) is 3.47. The number of nitrogens with two attached hydrogens (primary N) is 1. The highest BCUT2D eigenvalue weighted by Crippen LogP contribution is 2.19. The molecular formula is C12H27N3. The molecule has 15 heavy (non-hydrogen) atoms. The molecule has 3 heteroatoms. The van der Waals surface area contributed by atoms with Gasteiger partial charge in [-0.15, -0.1) is 0 Å². The summed E-state index contributed by atoms with van der Waals surface area (Å²) >= 11 is 0. The first-order valence-corrected chi connectivity index (χ1v) is 5.93. The van der Waals surface area contributed by atoms with E-state index in [1.807, 2.05) is 0 Å². The van der Waals surface area contributed by atoms with Crippen LogP contribution in [0.3, 0.4) is 0 Å². The Bertz CT molecular complexity index is 205. The predicted octanol–water partition coefficient (Wildman–Crippen LogP) is 1.14. The van der Waals surface area contributed by atoms with Crippen molar-refractivity contribution in [3.8, 4) is 0 Å². The normalized spacial score (nSPS) is 24.4. The number of likely N-dealkylation sites (N-methyl/N-ethyl adjacent to an activating group) is 1. The molecule has 1 fully saturated rings. The van der Waals surface area contributed by atoms with Gasteiger partial charge in [-0.1, -0.05) is 0 Å². The van der Waals surface area contributed by atoms with E-state index >= 15 is 0 Å². The maximum Gasteiger partial charge on any atom is 0.0277 e. The van der Waals surface area contributed by atoms with Crippen LogP contribution >= 0.6 is 0 Å². The van der Waals surface area contributed by atoms with Gasteiger partial charge in [0.2, 0.25) is 0 Å². The molecule has 0 amide bonds. The largest absolute Gasteiger partial charge is 0.326 e. The first kappa shape index (κ1) is 12.9. The third-order valence-corrected chi connectivity index (χ3v) is 3.47. The van der Waals surface area contributed by atoms with Crippen molar-refractivity contribution in [1.82, 2.24) is 9.80 Å². The van der Waals surface area contributed by atoms with Crippen LogP contribution in [0.25, 0.3) is 0 Å². The van der Waals surface area contributed by atoms with Gasteiger partial charge in [-0.05, 0) is 47.7 Å². The van der Waals surface area contributed by atoms with E-state index in [0.717, 1.165) is 26.1 Å². The Morgan fingerprint density at radius 1 is 1.27 bits per heavy atom. The summed E-state index contributed by atoms with van der Waals surface area (Å²) in [6, 6.07) is 0. The lowest BCUT2D eigenvalue weighted by Gasteiger charge is -2.45. The van der Waals surface area contributed by atoms with Gasteiger partial charge in [0, 0.05) is 30.7 Å². The van der Waals surface area contributed by atoms with E-state index in [9.17, 15) is 0 Å². The summed E-state index contributed by atoms with van der Waals surface area (Å²) in [7, 11) is 2.21. The quantitative estimate of drug-likeness (QED) is 0.763. The van der Waals surface area contributed by atoms with Crippen LogP contribution < -0.4 is 5.73 Å². The Morgan fingerprint density at radius 3 is 2.33 bits per heavy atom. The average molecular weight is 213 g/mol. The van der Waals surface area contributed by atoms with E-state index in [4.69, 9.17) is 5.73 Å². The zero-order chi connectivity index (χ0) is 11.7. The molecule has 2 N–H and O–H groups in total. The van der Waals surface area contributed by atoms with Crippen LogP contribution in [-0.2, 0) is 0 Å². The minimum absolute atomic E-state index is 0.0342. The van der Waals surface area contributed by atoms with Gasteiger partial charge in [0.15, 0.2) is 0 Å². The van der Waals surface area contributed by atoms with Gasteiger partial charge < -0.3 is 10.6 Å². The molecule has 1 aliphatic heterocycles. The molecule has 0 aromatic rings. The monoisotopic (exact) mass is 213 g/mol. The van der Waals surface area contributed by atoms with Crippen LogP contribution in [0.15, 0.2) is 0 Å². The number of piperazine rings is 1. The summed E-state index contributed by atoms with van der Waals surface area (Å²) in [6.45, 7) is 13.5. The van der Waals surface area contributed by atoms with Crippen LogP contribution in [-0.4, -0.2) is 54.1 Å². The molecule has 0 aromatic carbocycles. The average Bonchev–Trinajstić information content (AvgIpc) is 2.06. The highest BCUT2D eigenvalue weighted by atomic mass is 15.3. The van der Waals surface area contributed by atoms with E-state index in [1.54, 1.807) is 0 Å². The molecule has 0 atom stereocenters. The molecule has 0 radical (unpaired) electrons. The smallest absolute Gasteiger partial charge is 0.0277 e. The lowest BCUT2D eigenvalue weighted by atomic mass is 9.97. The van der Waals surface area contributed by atoms with E-state index in [-0.39, 0.29) is 5.54 Å². The van der Waals surface area contributed by atoms with E-state index in [1.165, 1.54) is 6.54 Å². The summed E-state index contributed by atoms with van der Waals surface area (Å²) in [5.41, 5.74) is 6.28. The standard InChI is InChI=1S/C12H27N3/c1-11(2,13)6-7-15-9-8-14(5)12(3,4)10-15/h6-10,13H2,1-5H3. The zero-order valence-corrected chi connectivity index (χ0v) is 11.0. The van der Waals surface area contributed by atoms with Crippen molar-refractivity contribution in [1.29, 1.82) is 0 Å². The summed E-state index contributed by atoms with van der Waals surface area (Å²) < 4.78 is 0. The second-order valence-corrected chi connectivity index (χ2v) is 6.25. The van der Waals surface area contributed by atoms with Gasteiger partial charge in [-0.25, -0.2) is 0 Å². The number of nitrogens with zero attached hydrogens (tertiary/aromatic N) is 2. The van der Waals surface area contributed by atoms with Crippen molar-refractivity contribution >= 4 is 0 Å². The molecule has 1 aliphatic rings. The molecule has 0 aromatic heterocycles. The highest BCUT2D eigenvalue weighted by Gasteiger charge is 2.31. The molecule has 0 bridgehead atoms. The van der Waals surface area contributed by atoms with Crippen LogP contribution in [0.5, 0.6) is 0 Å². The first-order chi connectivity index (χ1) is 6.71. The van der Waals surface area contributed by atoms with Crippen molar-refractivity contribution in [3.63, 3.8) is 0 Å². The summed E-state index contributed by atoms with van der Waals surface area (Å²) in [4.78, 5) is 4.98. The van der Waals surface area contributed by atoms with E-state index in [0.29, 0.717) is 5.54 Å². The molecule has 90 valence electrons. The van der Waals surface area contributed by atoms with Crippen LogP contribution in [0.2, 0.25) is 0 Å². The Morgan fingerprint density at radius 2 is 1.87 bits per heavy atom. The topological polar surface area (TPSA) is 32.5 Å². The van der Waals surface area contributed by atoms with E-state index in [2.05, 4.69) is 44.5 Å². The molecule has 0 spiro atoms. The van der Waals surface area contributed by atoms with Crippen LogP contribution in [0.4, 0.5) is 0 Å². The molecule has 0 unspecified atom stereocenters. The maximum absolute atomic E-state index is 6.01. The molecule has 1 saturated heterocycles. The Hall–Kier alpha value is -0.120. The molecule has 0 aliphatic carbocycles. The number of hydrogen-bond donors (Lipinski definition) is 1. The maximum atomic E-state index is 6.01. The lowest BCUT2D eigenvalue weighted by Crippen LogP contribution is -2.58. The van der Waals surface area contributed by atoms with Gasteiger partial charge >= 0.3 is 0 Å². The Labute approximate surface area is 94.6 Å². The fourth-order valence-electron chi connectivity index (χ4n) is 1.98. The van der Waals surface area contributed by atoms with Crippen molar-refractivity contribution in [2.24, 2.45) is 5.73 Å². The second kappa shape index (κ2) is 4.40. The van der Waals surface area contributed by atoms with Crippen molar-refractivity contribution < 1.29 is 0 Å². The fourth-order valence-corrected chi connectivity index (χ4v) is 1.98. The van der Waals surface area contributed by atoms with E-state index < -0.39 is 0 Å². The molecule has 0 saturated carbocycles. The van der Waals surface area contributed by atoms with Gasteiger partial charge in [0.25, 0.3) is 0 Å². The SMILES string of the molecule is CN1CCN(CCC(C)(C)N)CC1(C)C. The van der Waals surface area contributed by atoms with Crippen LogP contribution in [0.1, 0.15) is 34.1 Å². The molecule has 1 rings (SSSR count). The zero-order valence-electron chi connectivity index (χ0n) is 11.0. The van der Waals surface area contributed by atoms with Gasteiger partial charge in [-0.3, -0.25) is 4.90 Å². The van der Waals surface area contributed by atoms with Crippen molar-refractivity contribution in [3.05, 3.63) is 0 Å². The number of rotatable bonds is 3. The van der Waals surface area contributed by atoms with Gasteiger partial charge in [0.1, 0.15) is 0 Å². The first-order valence-electron chi connectivity index (χ1n) is 5.93. The summed E-state index contributed by atoms with van der Waals surface area (Å²) in [5, 5.41) is 0. The Balaban J connectivity index is 2.40.